The summed E-state index contributed by atoms with van der Waals surface area (Å²) in [5.41, 5.74) is 5.12. The molecule has 0 radical (unpaired) electrons. The van der Waals surface area contributed by atoms with Crippen LogP contribution in [0.1, 0.15) is 84.0 Å². The number of rotatable bonds is 13. The van der Waals surface area contributed by atoms with Crippen molar-refractivity contribution >= 4 is 11.8 Å². The molecule has 0 heterocycles. The average molecular weight is 284 g/mol. The summed E-state index contributed by atoms with van der Waals surface area (Å²) in [6.07, 6.45) is 14.3. The Morgan fingerprint density at radius 3 is 1.65 bits per heavy atom. The van der Waals surface area contributed by atoms with Crippen molar-refractivity contribution in [1.29, 1.82) is 0 Å². The number of imide groups is 1. The molecule has 20 heavy (non-hydrogen) atoms. The van der Waals surface area contributed by atoms with Gasteiger partial charge in [-0.05, 0) is 6.42 Å². The van der Waals surface area contributed by atoms with Crippen molar-refractivity contribution in [3.63, 3.8) is 0 Å². The Balaban J connectivity index is 3.16. The van der Waals surface area contributed by atoms with E-state index < -0.39 is 5.91 Å². The lowest BCUT2D eigenvalue weighted by atomic mass is 10.1. The lowest BCUT2D eigenvalue weighted by Gasteiger charge is -2.03. The highest BCUT2D eigenvalue weighted by Crippen LogP contribution is 2.11. The van der Waals surface area contributed by atoms with E-state index >= 15 is 0 Å². The number of hydrogen-bond donors (Lipinski definition) is 2. The van der Waals surface area contributed by atoms with E-state index in [1.54, 1.807) is 0 Å². The lowest BCUT2D eigenvalue weighted by molar-refractivity contribution is -0.129. The highest BCUT2D eigenvalue weighted by Gasteiger charge is 2.04. The molecule has 0 aromatic rings. The molecule has 0 aromatic heterocycles. The molecule has 0 rings (SSSR count). The van der Waals surface area contributed by atoms with Crippen LogP contribution in [0, 0.1) is 0 Å². The molecule has 0 aliphatic rings. The Labute approximate surface area is 123 Å². The fourth-order valence-corrected chi connectivity index (χ4v) is 2.22. The zero-order valence-electron chi connectivity index (χ0n) is 13.1. The molecule has 0 saturated heterocycles. The molecule has 118 valence electrons. The number of nitrogens with two attached hydrogens (primary N) is 1. The highest BCUT2D eigenvalue weighted by molar-refractivity contribution is 5.95. The van der Waals surface area contributed by atoms with E-state index in [1.807, 2.05) is 0 Å². The van der Waals surface area contributed by atoms with Gasteiger partial charge >= 0.3 is 0 Å². The van der Waals surface area contributed by atoms with Crippen molar-refractivity contribution in [2.75, 3.05) is 6.54 Å². The third-order valence-electron chi connectivity index (χ3n) is 3.47. The van der Waals surface area contributed by atoms with Crippen LogP contribution in [0.3, 0.4) is 0 Å². The van der Waals surface area contributed by atoms with Crippen LogP contribution in [0.4, 0.5) is 0 Å². The van der Waals surface area contributed by atoms with Gasteiger partial charge in [-0.2, -0.15) is 0 Å². The van der Waals surface area contributed by atoms with Gasteiger partial charge in [0, 0.05) is 6.42 Å². The summed E-state index contributed by atoms with van der Waals surface area (Å²) in [4.78, 5) is 22.2. The quantitative estimate of drug-likeness (QED) is 0.510. The van der Waals surface area contributed by atoms with Gasteiger partial charge in [-0.15, -0.1) is 0 Å². The molecule has 2 amide bonds. The van der Waals surface area contributed by atoms with Crippen LogP contribution >= 0.6 is 0 Å². The molecule has 4 heteroatoms. The molecule has 0 unspecified atom stereocenters. The van der Waals surface area contributed by atoms with Crippen LogP contribution in [0.5, 0.6) is 0 Å². The maximum absolute atomic E-state index is 11.3. The third kappa shape index (κ3) is 13.5. The first-order valence-electron chi connectivity index (χ1n) is 8.23. The fraction of sp³-hybridized carbons (Fsp3) is 0.875. The molecule has 0 spiro atoms. The van der Waals surface area contributed by atoms with Crippen molar-refractivity contribution in [3.05, 3.63) is 0 Å². The van der Waals surface area contributed by atoms with Gasteiger partial charge < -0.3 is 5.73 Å². The molecule has 0 fully saturated rings. The second-order valence-corrected chi connectivity index (χ2v) is 5.46. The number of nitrogens with one attached hydrogen (secondary N) is 1. The van der Waals surface area contributed by atoms with Crippen LogP contribution < -0.4 is 11.1 Å². The van der Waals surface area contributed by atoms with Gasteiger partial charge in [-0.1, -0.05) is 71.1 Å². The minimum atomic E-state index is -0.391. The largest absolute Gasteiger partial charge is 0.322 e. The first kappa shape index (κ1) is 19.1. The Morgan fingerprint density at radius 1 is 0.750 bits per heavy atom. The van der Waals surface area contributed by atoms with Crippen molar-refractivity contribution in [2.24, 2.45) is 5.73 Å². The van der Waals surface area contributed by atoms with Crippen molar-refractivity contribution in [1.82, 2.24) is 5.32 Å². The second kappa shape index (κ2) is 14.5. The molecule has 0 aliphatic carbocycles. The molecule has 0 aliphatic heterocycles. The van der Waals surface area contributed by atoms with E-state index in [9.17, 15) is 9.59 Å². The minimum absolute atomic E-state index is 0.121. The molecular weight excluding hydrogens is 252 g/mol. The first-order chi connectivity index (χ1) is 9.70. The molecule has 0 saturated carbocycles. The Morgan fingerprint density at radius 2 is 1.20 bits per heavy atom. The van der Waals surface area contributed by atoms with Crippen LogP contribution in [-0.4, -0.2) is 18.4 Å². The maximum Gasteiger partial charge on any atom is 0.240 e. The minimum Gasteiger partial charge on any atom is -0.322 e. The number of unbranched alkanes of at least 4 members (excludes halogenated alkanes) is 10. The zero-order valence-corrected chi connectivity index (χ0v) is 13.1. The van der Waals surface area contributed by atoms with Crippen molar-refractivity contribution in [3.8, 4) is 0 Å². The number of carbonyl (C=O) groups is 2. The number of carbonyl (C=O) groups excluding carboxylic acids is 2. The Hall–Kier alpha value is -0.900. The summed E-state index contributed by atoms with van der Waals surface area (Å²) < 4.78 is 0. The monoisotopic (exact) mass is 284 g/mol. The van der Waals surface area contributed by atoms with Crippen LogP contribution in [0.25, 0.3) is 0 Å². The molecule has 0 aromatic carbocycles. The predicted molar refractivity (Wildman–Crippen MR) is 83.3 cm³/mol. The zero-order chi connectivity index (χ0) is 15.1. The van der Waals surface area contributed by atoms with Crippen LogP contribution in [0.2, 0.25) is 0 Å². The van der Waals surface area contributed by atoms with Crippen molar-refractivity contribution < 1.29 is 9.59 Å². The maximum atomic E-state index is 11.3. The van der Waals surface area contributed by atoms with E-state index in [2.05, 4.69) is 12.2 Å². The molecule has 4 nitrogen and oxygen atoms in total. The Kier molecular flexibility index (Phi) is 13.9. The summed E-state index contributed by atoms with van der Waals surface area (Å²) in [5.74, 6) is -0.588. The summed E-state index contributed by atoms with van der Waals surface area (Å²) in [5, 5.41) is 2.26. The first-order valence-corrected chi connectivity index (χ1v) is 8.23. The van der Waals surface area contributed by atoms with Gasteiger partial charge in [-0.25, -0.2) is 0 Å². The molecule has 3 N–H and O–H groups in total. The summed E-state index contributed by atoms with van der Waals surface area (Å²) in [6, 6.07) is 0. The molecule has 0 atom stereocenters. The predicted octanol–water partition coefficient (Wildman–Crippen LogP) is 3.29. The summed E-state index contributed by atoms with van der Waals surface area (Å²) >= 11 is 0. The standard InChI is InChI=1S/C16H32N2O2/c1-2-3-4-5-6-7-8-9-10-11-12-13-15(19)18-16(20)14-17/h2-14,17H2,1H3,(H,18,19,20). The lowest BCUT2D eigenvalue weighted by Crippen LogP contribution is -2.35. The smallest absolute Gasteiger partial charge is 0.240 e. The van der Waals surface area contributed by atoms with Gasteiger partial charge in [0.05, 0.1) is 6.54 Å². The third-order valence-corrected chi connectivity index (χ3v) is 3.47. The van der Waals surface area contributed by atoms with Crippen LogP contribution in [-0.2, 0) is 9.59 Å². The second-order valence-electron chi connectivity index (χ2n) is 5.46. The van der Waals surface area contributed by atoms with Gasteiger partial charge in [0.1, 0.15) is 0 Å². The molecular formula is C16H32N2O2. The van der Waals surface area contributed by atoms with Crippen molar-refractivity contribution in [2.45, 2.75) is 84.0 Å². The van der Waals surface area contributed by atoms with Gasteiger partial charge in [-0.3, -0.25) is 14.9 Å². The Bertz CT molecular complexity index is 255. The van der Waals surface area contributed by atoms with E-state index in [0.717, 1.165) is 12.8 Å². The summed E-state index contributed by atoms with van der Waals surface area (Å²) in [6.45, 7) is 2.12. The van der Waals surface area contributed by atoms with Gasteiger partial charge in [0.25, 0.3) is 0 Å². The average Bonchev–Trinajstić information content (AvgIpc) is 2.44. The van der Waals surface area contributed by atoms with Gasteiger partial charge in [0.15, 0.2) is 0 Å². The number of amides is 2. The number of hydrogen-bond acceptors (Lipinski definition) is 3. The van der Waals surface area contributed by atoms with Gasteiger partial charge in [0.2, 0.25) is 11.8 Å². The summed E-state index contributed by atoms with van der Waals surface area (Å²) in [7, 11) is 0. The SMILES string of the molecule is CCCCCCCCCCCCCC(=O)NC(=O)CN. The van der Waals surface area contributed by atoms with Crippen LogP contribution in [0.15, 0.2) is 0 Å². The van der Waals surface area contributed by atoms with E-state index in [0.29, 0.717) is 6.42 Å². The van der Waals surface area contributed by atoms with E-state index in [4.69, 9.17) is 5.73 Å². The van der Waals surface area contributed by atoms with E-state index in [1.165, 1.54) is 57.8 Å². The van der Waals surface area contributed by atoms with E-state index in [-0.39, 0.29) is 12.5 Å². The topological polar surface area (TPSA) is 72.2 Å². The highest BCUT2D eigenvalue weighted by atomic mass is 16.2. The normalized spacial score (nSPS) is 10.5. The fourth-order valence-electron chi connectivity index (χ4n) is 2.22. The molecule has 0 bridgehead atoms.